The van der Waals surface area contributed by atoms with E-state index in [1.54, 1.807) is 12.1 Å². The zero-order valence-corrected chi connectivity index (χ0v) is 9.35. The number of carbonyl (C=O) groups is 1. The van der Waals surface area contributed by atoms with Gasteiger partial charge in [-0.2, -0.15) is 0 Å². The molecule has 0 aliphatic heterocycles. The third-order valence-corrected chi connectivity index (χ3v) is 2.16. The van der Waals surface area contributed by atoms with E-state index in [0.717, 1.165) is 0 Å². The number of carbonyl (C=O) groups excluding carboxylic acids is 1. The number of benzene rings is 1. The Morgan fingerprint density at radius 1 is 1.24 bits per heavy atom. The number of hydrogen-bond acceptors (Lipinski definition) is 4. The lowest BCUT2D eigenvalue weighted by Gasteiger charge is -2.03. The lowest BCUT2D eigenvalue weighted by Crippen LogP contribution is -2.15. The van der Waals surface area contributed by atoms with Crippen molar-refractivity contribution in [2.75, 3.05) is 5.32 Å². The van der Waals surface area contributed by atoms with Gasteiger partial charge < -0.3 is 10.4 Å². The fourth-order valence-electron chi connectivity index (χ4n) is 1.18. The Morgan fingerprint density at radius 2 is 1.94 bits per heavy atom. The average molecular weight is 250 g/mol. The molecule has 2 aromatic rings. The molecule has 0 aliphatic carbocycles. The Kier molecular flexibility index (Phi) is 3.20. The second-order valence-corrected chi connectivity index (χ2v) is 3.59. The van der Waals surface area contributed by atoms with Crippen LogP contribution < -0.4 is 5.32 Å². The Labute approximate surface area is 102 Å². The van der Waals surface area contributed by atoms with Crippen LogP contribution in [-0.4, -0.2) is 21.0 Å². The number of aromatic hydroxyl groups is 1. The van der Waals surface area contributed by atoms with Crippen LogP contribution in [-0.2, 0) is 0 Å². The number of halogens is 1. The van der Waals surface area contributed by atoms with E-state index in [1.165, 1.54) is 24.4 Å². The van der Waals surface area contributed by atoms with Crippen molar-refractivity contribution < 1.29 is 9.90 Å². The summed E-state index contributed by atoms with van der Waals surface area (Å²) in [5.41, 5.74) is 0.538. The summed E-state index contributed by atoms with van der Waals surface area (Å²) >= 11 is 5.65. The molecule has 2 rings (SSSR count). The molecule has 0 unspecified atom stereocenters. The maximum absolute atomic E-state index is 11.7. The van der Waals surface area contributed by atoms with Crippen LogP contribution in [0.5, 0.6) is 5.75 Å². The van der Waals surface area contributed by atoms with Gasteiger partial charge in [-0.05, 0) is 30.3 Å². The van der Waals surface area contributed by atoms with Crippen LogP contribution in [0.3, 0.4) is 0 Å². The molecule has 1 amide bonds. The lowest BCUT2D eigenvalue weighted by molar-refractivity contribution is 0.101. The summed E-state index contributed by atoms with van der Waals surface area (Å²) in [6.45, 7) is 0. The number of nitrogens with zero attached hydrogens (tertiary/aromatic N) is 2. The fourth-order valence-corrected chi connectivity index (χ4v) is 1.31. The molecule has 1 aromatic heterocycles. The van der Waals surface area contributed by atoms with Gasteiger partial charge in [-0.25, -0.2) is 9.97 Å². The molecule has 0 saturated heterocycles. The van der Waals surface area contributed by atoms with Crippen molar-refractivity contribution in [1.82, 2.24) is 9.97 Å². The fraction of sp³-hybridized carbons (Fsp3) is 0. The Morgan fingerprint density at radius 3 is 2.59 bits per heavy atom. The van der Waals surface area contributed by atoms with E-state index < -0.39 is 5.91 Å². The number of hydrogen-bond donors (Lipinski definition) is 2. The third kappa shape index (κ3) is 2.92. The number of rotatable bonds is 2. The molecule has 2 N–H and O–H groups in total. The summed E-state index contributed by atoms with van der Waals surface area (Å²) in [5.74, 6) is -0.342. The number of nitrogens with one attached hydrogen (secondary N) is 1. The van der Waals surface area contributed by atoms with Gasteiger partial charge in [0.15, 0.2) is 0 Å². The van der Waals surface area contributed by atoms with E-state index in [2.05, 4.69) is 15.3 Å². The number of amides is 1. The van der Waals surface area contributed by atoms with Crippen molar-refractivity contribution in [3.8, 4) is 5.75 Å². The molecule has 0 radical (unpaired) electrons. The van der Waals surface area contributed by atoms with Crippen LogP contribution in [0.1, 0.15) is 10.6 Å². The first-order chi connectivity index (χ1) is 8.15. The zero-order valence-electron chi connectivity index (χ0n) is 8.59. The van der Waals surface area contributed by atoms with Gasteiger partial charge in [0.1, 0.15) is 10.9 Å². The molecule has 0 atom stereocenters. The van der Waals surface area contributed by atoms with Gasteiger partial charge in [0, 0.05) is 11.9 Å². The van der Waals surface area contributed by atoms with Gasteiger partial charge in [0.25, 0.3) is 5.91 Å². The minimum absolute atomic E-state index is 0.00873. The van der Waals surface area contributed by atoms with Crippen molar-refractivity contribution >= 4 is 23.2 Å². The number of phenols is 1. The largest absolute Gasteiger partial charge is 0.508 e. The standard InChI is InChI=1S/C11H8ClN3O2/c12-9-5-6-13-10(15-9)11(17)14-7-1-3-8(16)4-2-7/h1-6,16H,(H,14,17). The molecule has 0 spiro atoms. The maximum Gasteiger partial charge on any atom is 0.293 e. The lowest BCUT2D eigenvalue weighted by atomic mass is 10.3. The number of phenolic OH excluding ortho intramolecular Hbond substituents is 1. The highest BCUT2D eigenvalue weighted by atomic mass is 35.5. The first-order valence-electron chi connectivity index (χ1n) is 4.74. The van der Waals surface area contributed by atoms with E-state index in [9.17, 15) is 4.79 Å². The van der Waals surface area contributed by atoms with Crippen molar-refractivity contribution in [2.24, 2.45) is 0 Å². The molecule has 1 heterocycles. The third-order valence-electron chi connectivity index (χ3n) is 1.95. The topological polar surface area (TPSA) is 75.1 Å². The maximum atomic E-state index is 11.7. The first-order valence-corrected chi connectivity index (χ1v) is 5.12. The van der Waals surface area contributed by atoms with Gasteiger partial charge in [-0.1, -0.05) is 11.6 Å². The SMILES string of the molecule is O=C(Nc1ccc(O)cc1)c1nccc(Cl)n1. The van der Waals surface area contributed by atoms with Gasteiger partial charge in [0.05, 0.1) is 0 Å². The second kappa shape index (κ2) is 4.80. The predicted octanol–water partition coefficient (Wildman–Crippen LogP) is 2.09. The summed E-state index contributed by atoms with van der Waals surface area (Å²) < 4.78 is 0. The van der Waals surface area contributed by atoms with Crippen LogP contribution in [0.25, 0.3) is 0 Å². The molecule has 0 aliphatic rings. The first kappa shape index (κ1) is 11.3. The van der Waals surface area contributed by atoms with Crippen LogP contribution in [0, 0.1) is 0 Å². The molecule has 6 heteroatoms. The van der Waals surface area contributed by atoms with E-state index in [0.29, 0.717) is 5.69 Å². The molecule has 5 nitrogen and oxygen atoms in total. The monoisotopic (exact) mass is 249 g/mol. The van der Waals surface area contributed by atoms with Crippen LogP contribution in [0.15, 0.2) is 36.5 Å². The highest BCUT2D eigenvalue weighted by Gasteiger charge is 2.09. The molecular formula is C11H8ClN3O2. The Bertz CT molecular complexity index is 543. The minimum atomic E-state index is -0.460. The summed E-state index contributed by atoms with van der Waals surface area (Å²) in [5, 5.41) is 11.9. The number of aromatic nitrogens is 2. The van der Waals surface area contributed by atoms with E-state index in [-0.39, 0.29) is 16.7 Å². The van der Waals surface area contributed by atoms with Crippen molar-refractivity contribution in [3.63, 3.8) is 0 Å². The smallest absolute Gasteiger partial charge is 0.293 e. The Balaban J connectivity index is 2.14. The molecule has 0 bridgehead atoms. The highest BCUT2D eigenvalue weighted by Crippen LogP contribution is 2.14. The highest BCUT2D eigenvalue weighted by molar-refractivity contribution is 6.29. The summed E-state index contributed by atoms with van der Waals surface area (Å²) in [6, 6.07) is 7.55. The molecule has 86 valence electrons. The van der Waals surface area contributed by atoms with Crippen LogP contribution >= 0.6 is 11.6 Å². The summed E-state index contributed by atoms with van der Waals surface area (Å²) in [7, 11) is 0. The van der Waals surface area contributed by atoms with Gasteiger partial charge in [0.2, 0.25) is 5.82 Å². The molecular weight excluding hydrogens is 242 g/mol. The zero-order chi connectivity index (χ0) is 12.3. The van der Waals surface area contributed by atoms with Gasteiger partial charge in [-0.3, -0.25) is 4.79 Å². The molecule has 0 saturated carbocycles. The normalized spacial score (nSPS) is 9.94. The molecule has 0 fully saturated rings. The van der Waals surface area contributed by atoms with Gasteiger partial charge >= 0.3 is 0 Å². The predicted molar refractivity (Wildman–Crippen MR) is 63.1 cm³/mol. The quantitative estimate of drug-likeness (QED) is 0.631. The van der Waals surface area contributed by atoms with Gasteiger partial charge in [-0.15, -0.1) is 0 Å². The van der Waals surface area contributed by atoms with Crippen molar-refractivity contribution in [1.29, 1.82) is 0 Å². The van der Waals surface area contributed by atoms with Crippen molar-refractivity contribution in [2.45, 2.75) is 0 Å². The van der Waals surface area contributed by atoms with E-state index in [4.69, 9.17) is 16.7 Å². The molecule has 1 aromatic carbocycles. The van der Waals surface area contributed by atoms with E-state index >= 15 is 0 Å². The van der Waals surface area contributed by atoms with Crippen LogP contribution in [0.4, 0.5) is 5.69 Å². The average Bonchev–Trinajstić information content (AvgIpc) is 2.32. The minimum Gasteiger partial charge on any atom is -0.508 e. The second-order valence-electron chi connectivity index (χ2n) is 3.20. The molecule has 17 heavy (non-hydrogen) atoms. The Hall–Kier alpha value is -2.14. The van der Waals surface area contributed by atoms with Crippen LogP contribution in [0.2, 0.25) is 5.15 Å². The summed E-state index contributed by atoms with van der Waals surface area (Å²) in [4.78, 5) is 19.3. The van der Waals surface area contributed by atoms with E-state index in [1.807, 2.05) is 0 Å². The summed E-state index contributed by atoms with van der Waals surface area (Å²) in [6.07, 6.45) is 1.40. The number of anilines is 1. The van der Waals surface area contributed by atoms with Crippen molar-refractivity contribution in [3.05, 3.63) is 47.5 Å².